The van der Waals surface area contributed by atoms with E-state index >= 15 is 0 Å². The molecule has 3 heterocycles. The van der Waals surface area contributed by atoms with Crippen LogP contribution >= 0.6 is 35.0 Å². The van der Waals surface area contributed by atoms with E-state index in [-0.39, 0.29) is 11.8 Å². The lowest BCUT2D eigenvalue weighted by Crippen LogP contribution is -2.30. The van der Waals surface area contributed by atoms with Crippen LogP contribution in [0.1, 0.15) is 59.2 Å². The molecule has 2 amide bonds. The van der Waals surface area contributed by atoms with Crippen molar-refractivity contribution in [1.82, 2.24) is 24.4 Å². The van der Waals surface area contributed by atoms with Crippen LogP contribution in [0.2, 0.25) is 10.0 Å². The number of nitrogens with zero attached hydrogens (tertiary/aromatic N) is 5. The molecular weight excluding hydrogens is 543 g/mol. The van der Waals surface area contributed by atoms with Gasteiger partial charge in [0.05, 0.1) is 11.1 Å². The first kappa shape index (κ1) is 26.5. The molecule has 8 nitrogen and oxygen atoms in total. The molecule has 0 atom stereocenters. The van der Waals surface area contributed by atoms with Crippen LogP contribution in [0.3, 0.4) is 0 Å². The smallest absolute Gasteiger partial charge is 0.261 e. The number of imidazole rings is 1. The van der Waals surface area contributed by atoms with Crippen molar-refractivity contribution in [3.8, 4) is 0 Å². The van der Waals surface area contributed by atoms with Crippen molar-refractivity contribution in [3.05, 3.63) is 70.0 Å². The number of hydrogen-bond acceptors (Lipinski definition) is 7. The number of nitrogens with two attached hydrogens (primary N) is 1. The van der Waals surface area contributed by atoms with Crippen LogP contribution in [0.5, 0.6) is 0 Å². The molecule has 1 aliphatic rings. The summed E-state index contributed by atoms with van der Waals surface area (Å²) in [5.41, 5.74) is 8.36. The lowest BCUT2D eigenvalue weighted by Gasteiger charge is -2.13. The molecule has 11 heteroatoms. The summed E-state index contributed by atoms with van der Waals surface area (Å²) in [4.78, 5) is 40.4. The molecule has 2 aromatic heterocycles. The molecule has 2 N–H and O–H groups in total. The second kappa shape index (κ2) is 11.7. The van der Waals surface area contributed by atoms with Crippen LogP contribution in [-0.4, -0.2) is 42.8 Å². The fourth-order valence-electron chi connectivity index (χ4n) is 4.60. The van der Waals surface area contributed by atoms with E-state index < -0.39 is 0 Å². The summed E-state index contributed by atoms with van der Waals surface area (Å²) >= 11 is 13.8. The first-order chi connectivity index (χ1) is 18.4. The molecular formula is C27H26Cl2N6O2S. The van der Waals surface area contributed by atoms with Crippen molar-refractivity contribution in [2.24, 2.45) is 0 Å². The van der Waals surface area contributed by atoms with Gasteiger partial charge in [-0.2, -0.15) is 0 Å². The van der Waals surface area contributed by atoms with E-state index in [9.17, 15) is 9.59 Å². The predicted molar refractivity (Wildman–Crippen MR) is 150 cm³/mol. The summed E-state index contributed by atoms with van der Waals surface area (Å²) in [5.74, 6) is -0.0227. The SMILES string of the molecule is Nc1ncnc2c1nc(Sc1cc(Cl)cc(Cl)c1)n2CCCCCCCCN1C(=O)c2ccccc2C1=O. The molecule has 1 aliphatic heterocycles. The Bertz CT molecular complexity index is 1450. The second-order valence-corrected chi connectivity index (χ2v) is 11.0. The number of aryl methyl sites for hydroxylation is 1. The maximum Gasteiger partial charge on any atom is 0.261 e. The third-order valence-corrected chi connectivity index (χ3v) is 7.86. The van der Waals surface area contributed by atoms with Gasteiger partial charge in [-0.25, -0.2) is 15.0 Å². The topological polar surface area (TPSA) is 107 Å². The van der Waals surface area contributed by atoms with Gasteiger partial charge in [0.1, 0.15) is 6.33 Å². The molecule has 0 bridgehead atoms. The van der Waals surface area contributed by atoms with Gasteiger partial charge in [-0.1, -0.05) is 72.8 Å². The van der Waals surface area contributed by atoms with Crippen LogP contribution in [0, 0.1) is 0 Å². The van der Waals surface area contributed by atoms with E-state index in [1.54, 1.807) is 30.3 Å². The standard InChI is InChI=1S/C27H26Cl2N6O2S/c28-17-13-18(29)15-19(14-17)38-27-33-22-23(30)31-16-32-24(22)34(27)11-7-3-1-2-4-8-12-35-25(36)20-9-5-6-10-21(20)26(35)37/h5-6,9-10,13-16H,1-4,7-8,11-12H2,(H2,30,31,32). The number of nitrogen functional groups attached to an aromatic ring is 1. The van der Waals surface area contributed by atoms with E-state index in [0.29, 0.717) is 44.7 Å². The molecule has 0 saturated heterocycles. The minimum Gasteiger partial charge on any atom is -0.382 e. The number of unbranched alkanes of at least 4 members (excludes halogenated alkanes) is 5. The van der Waals surface area contributed by atoms with E-state index in [1.165, 1.54) is 23.0 Å². The monoisotopic (exact) mass is 568 g/mol. The van der Waals surface area contributed by atoms with E-state index in [4.69, 9.17) is 33.9 Å². The fourth-order valence-corrected chi connectivity index (χ4v) is 6.26. The number of anilines is 1. The van der Waals surface area contributed by atoms with Crippen molar-refractivity contribution in [2.45, 2.75) is 55.1 Å². The van der Waals surface area contributed by atoms with Gasteiger partial charge in [0.25, 0.3) is 11.8 Å². The number of benzene rings is 2. The largest absolute Gasteiger partial charge is 0.382 e. The molecule has 0 spiro atoms. The summed E-state index contributed by atoms with van der Waals surface area (Å²) < 4.78 is 2.06. The number of rotatable bonds is 11. The molecule has 196 valence electrons. The van der Waals surface area contributed by atoms with Gasteiger partial charge in [-0.05, 0) is 43.2 Å². The number of amides is 2. The first-order valence-electron chi connectivity index (χ1n) is 12.5. The van der Waals surface area contributed by atoms with Crippen LogP contribution in [0.25, 0.3) is 11.2 Å². The maximum absolute atomic E-state index is 12.5. The third kappa shape index (κ3) is 5.65. The average Bonchev–Trinajstić information content (AvgIpc) is 3.35. The van der Waals surface area contributed by atoms with Crippen molar-refractivity contribution < 1.29 is 9.59 Å². The lowest BCUT2D eigenvalue weighted by molar-refractivity contribution is 0.0651. The number of carbonyl (C=O) groups is 2. The molecule has 0 fully saturated rings. The highest BCUT2D eigenvalue weighted by Gasteiger charge is 2.34. The van der Waals surface area contributed by atoms with Gasteiger partial charge >= 0.3 is 0 Å². The molecule has 38 heavy (non-hydrogen) atoms. The number of imide groups is 1. The van der Waals surface area contributed by atoms with E-state index in [0.717, 1.165) is 55.1 Å². The highest BCUT2D eigenvalue weighted by Crippen LogP contribution is 2.34. The fraction of sp³-hybridized carbons (Fsp3) is 0.296. The summed E-state index contributed by atoms with van der Waals surface area (Å²) in [6, 6.07) is 12.4. The van der Waals surface area contributed by atoms with Crippen molar-refractivity contribution in [3.63, 3.8) is 0 Å². The van der Waals surface area contributed by atoms with Gasteiger partial charge in [0.15, 0.2) is 22.1 Å². The molecule has 5 rings (SSSR count). The minimum atomic E-state index is -0.184. The first-order valence-corrected chi connectivity index (χ1v) is 14.1. The molecule has 2 aromatic carbocycles. The minimum absolute atomic E-state index is 0.184. The van der Waals surface area contributed by atoms with Gasteiger partial charge in [0.2, 0.25) is 0 Å². The quantitative estimate of drug-likeness (QED) is 0.162. The Kier molecular flexibility index (Phi) is 8.16. The lowest BCUT2D eigenvalue weighted by atomic mass is 10.1. The van der Waals surface area contributed by atoms with Crippen LogP contribution in [0.15, 0.2) is 58.8 Å². The Balaban J connectivity index is 1.12. The molecule has 4 aromatic rings. The van der Waals surface area contributed by atoms with Gasteiger partial charge in [-0.15, -0.1) is 0 Å². The van der Waals surface area contributed by atoms with Gasteiger partial charge in [0, 0.05) is 28.0 Å². The van der Waals surface area contributed by atoms with Crippen LogP contribution in [0.4, 0.5) is 5.82 Å². The summed E-state index contributed by atoms with van der Waals surface area (Å²) in [6.07, 6.45) is 7.27. The van der Waals surface area contributed by atoms with Gasteiger partial charge < -0.3 is 10.3 Å². The van der Waals surface area contributed by atoms with Crippen molar-refractivity contribution in [1.29, 1.82) is 0 Å². The molecule has 0 aliphatic carbocycles. The van der Waals surface area contributed by atoms with E-state index in [2.05, 4.69) is 14.5 Å². The molecule has 0 saturated carbocycles. The van der Waals surface area contributed by atoms with Gasteiger partial charge in [-0.3, -0.25) is 14.5 Å². The number of aromatic nitrogens is 4. The Labute approximate surface area is 234 Å². The zero-order chi connectivity index (χ0) is 26.6. The number of fused-ring (bicyclic) bond motifs is 2. The predicted octanol–water partition coefficient (Wildman–Crippen LogP) is 6.50. The summed E-state index contributed by atoms with van der Waals surface area (Å²) in [6.45, 7) is 1.20. The Morgan fingerprint density at radius 1 is 0.816 bits per heavy atom. The Hall–Kier alpha value is -3.14. The molecule has 0 unspecified atom stereocenters. The highest BCUT2D eigenvalue weighted by atomic mass is 35.5. The van der Waals surface area contributed by atoms with E-state index in [1.807, 2.05) is 12.1 Å². The Morgan fingerprint density at radius 2 is 1.42 bits per heavy atom. The Morgan fingerprint density at radius 3 is 2.08 bits per heavy atom. The highest BCUT2D eigenvalue weighted by molar-refractivity contribution is 7.99. The maximum atomic E-state index is 12.5. The van der Waals surface area contributed by atoms with Crippen LogP contribution < -0.4 is 5.73 Å². The number of halogens is 2. The molecule has 0 radical (unpaired) electrons. The third-order valence-electron chi connectivity index (χ3n) is 6.46. The van der Waals surface area contributed by atoms with Crippen LogP contribution in [-0.2, 0) is 6.54 Å². The van der Waals surface area contributed by atoms with Crippen molar-refractivity contribution >= 4 is 63.8 Å². The second-order valence-electron chi connectivity index (χ2n) is 9.11. The van der Waals surface area contributed by atoms with Crippen molar-refractivity contribution in [2.75, 3.05) is 12.3 Å². The normalized spacial score (nSPS) is 13.1. The number of hydrogen-bond donors (Lipinski definition) is 1. The summed E-state index contributed by atoms with van der Waals surface area (Å²) in [5, 5.41) is 1.88. The zero-order valence-electron chi connectivity index (χ0n) is 20.6. The summed E-state index contributed by atoms with van der Waals surface area (Å²) in [7, 11) is 0. The number of carbonyl (C=O) groups excluding carboxylic acids is 2. The average molecular weight is 570 g/mol. The zero-order valence-corrected chi connectivity index (χ0v) is 22.9.